The summed E-state index contributed by atoms with van der Waals surface area (Å²) < 4.78 is 5.49. The maximum atomic E-state index is 6.09. The molecule has 0 bridgehead atoms. The molecule has 0 aromatic carbocycles. The molecule has 112 valence electrons. The van der Waals surface area contributed by atoms with Gasteiger partial charge in [-0.3, -0.25) is 0 Å². The van der Waals surface area contributed by atoms with E-state index in [0.717, 1.165) is 29.5 Å². The van der Waals surface area contributed by atoms with E-state index < -0.39 is 0 Å². The molecule has 0 unspecified atom stereocenters. The Balaban J connectivity index is 1.98. The molecule has 5 heteroatoms. The normalized spacial score (nSPS) is 14.7. The summed E-state index contributed by atoms with van der Waals surface area (Å²) in [7, 11) is 0. The van der Waals surface area contributed by atoms with E-state index in [4.69, 9.17) is 15.1 Å². The predicted molar refractivity (Wildman–Crippen MR) is 83.2 cm³/mol. The molecule has 3 rings (SSSR count). The first-order valence-electron chi connectivity index (χ1n) is 7.49. The minimum absolute atomic E-state index is 0.260. The van der Waals surface area contributed by atoms with Crippen molar-refractivity contribution in [2.24, 2.45) is 0 Å². The van der Waals surface area contributed by atoms with Crippen LogP contribution in [-0.4, -0.2) is 16.0 Å². The Morgan fingerprint density at radius 1 is 1.38 bits per heavy atom. The lowest BCUT2D eigenvalue weighted by molar-refractivity contribution is 0.499. The van der Waals surface area contributed by atoms with Crippen molar-refractivity contribution >= 4 is 11.6 Å². The molecule has 2 heterocycles. The van der Waals surface area contributed by atoms with Crippen LogP contribution in [0.3, 0.4) is 0 Å². The van der Waals surface area contributed by atoms with Gasteiger partial charge in [0.05, 0.1) is 12.8 Å². The Morgan fingerprint density at radius 3 is 2.71 bits per heavy atom. The average molecular weight is 286 g/mol. The number of nitrogens with zero attached hydrogens (tertiary/aromatic N) is 3. The van der Waals surface area contributed by atoms with Crippen molar-refractivity contribution in [1.82, 2.24) is 9.97 Å². The van der Waals surface area contributed by atoms with Crippen LogP contribution in [0.5, 0.6) is 0 Å². The Morgan fingerprint density at radius 2 is 2.14 bits per heavy atom. The third-order valence-electron chi connectivity index (χ3n) is 3.86. The number of nitrogens with two attached hydrogens (primary N) is 1. The van der Waals surface area contributed by atoms with E-state index in [1.165, 1.54) is 12.8 Å². The van der Waals surface area contributed by atoms with E-state index >= 15 is 0 Å². The average Bonchev–Trinajstić information content (AvgIpc) is 3.16. The number of furan rings is 1. The molecule has 21 heavy (non-hydrogen) atoms. The smallest absolute Gasteiger partial charge is 0.138 e. The van der Waals surface area contributed by atoms with Gasteiger partial charge in [-0.1, -0.05) is 13.8 Å². The van der Waals surface area contributed by atoms with Crippen LogP contribution >= 0.6 is 0 Å². The van der Waals surface area contributed by atoms with Crippen molar-refractivity contribution < 1.29 is 4.42 Å². The van der Waals surface area contributed by atoms with Gasteiger partial charge < -0.3 is 15.1 Å². The highest BCUT2D eigenvalue weighted by Crippen LogP contribution is 2.35. The molecule has 0 saturated heterocycles. The molecule has 0 atom stereocenters. The fourth-order valence-corrected chi connectivity index (χ4v) is 2.41. The number of nitrogen functional groups attached to an aromatic ring is 1. The van der Waals surface area contributed by atoms with Crippen molar-refractivity contribution in [3.8, 4) is 0 Å². The first-order chi connectivity index (χ1) is 10.1. The fourth-order valence-electron chi connectivity index (χ4n) is 2.41. The van der Waals surface area contributed by atoms with Crippen LogP contribution < -0.4 is 10.6 Å². The second kappa shape index (κ2) is 5.39. The van der Waals surface area contributed by atoms with Crippen LogP contribution in [0.4, 0.5) is 11.6 Å². The Bertz CT molecular complexity index is 617. The van der Waals surface area contributed by atoms with Gasteiger partial charge in [-0.25, -0.2) is 9.97 Å². The van der Waals surface area contributed by atoms with Crippen LogP contribution in [-0.2, 0) is 6.54 Å². The summed E-state index contributed by atoms with van der Waals surface area (Å²) in [5.41, 5.74) is 7.05. The van der Waals surface area contributed by atoms with Crippen molar-refractivity contribution in [2.45, 2.75) is 52.1 Å². The van der Waals surface area contributed by atoms with Crippen molar-refractivity contribution in [3.63, 3.8) is 0 Å². The van der Waals surface area contributed by atoms with E-state index in [0.29, 0.717) is 11.9 Å². The zero-order valence-electron chi connectivity index (χ0n) is 12.8. The molecule has 0 spiro atoms. The number of hydrogen-bond donors (Lipinski definition) is 1. The van der Waals surface area contributed by atoms with Gasteiger partial charge in [0.1, 0.15) is 23.2 Å². The van der Waals surface area contributed by atoms with Crippen molar-refractivity contribution in [1.29, 1.82) is 0 Å². The monoisotopic (exact) mass is 286 g/mol. The Labute approximate surface area is 125 Å². The molecular weight excluding hydrogens is 264 g/mol. The Kier molecular flexibility index (Phi) is 3.57. The third-order valence-corrected chi connectivity index (χ3v) is 3.86. The minimum atomic E-state index is 0.260. The van der Waals surface area contributed by atoms with Crippen molar-refractivity contribution in [2.75, 3.05) is 10.6 Å². The molecule has 5 nitrogen and oxygen atoms in total. The SMILES string of the molecule is Cc1c(N)nc(C(C)C)nc1N(Cc1ccco1)C1CC1. The molecule has 1 saturated carbocycles. The zero-order chi connectivity index (χ0) is 15.0. The largest absolute Gasteiger partial charge is 0.467 e. The van der Waals surface area contributed by atoms with E-state index in [-0.39, 0.29) is 5.92 Å². The van der Waals surface area contributed by atoms with Crippen LogP contribution in [0.15, 0.2) is 22.8 Å². The van der Waals surface area contributed by atoms with E-state index in [2.05, 4.69) is 23.7 Å². The Hall–Kier alpha value is -2.04. The minimum Gasteiger partial charge on any atom is -0.467 e. The van der Waals surface area contributed by atoms with Crippen LogP contribution in [0.2, 0.25) is 0 Å². The molecule has 0 radical (unpaired) electrons. The van der Waals surface area contributed by atoms with E-state index in [9.17, 15) is 0 Å². The second-order valence-electron chi connectivity index (χ2n) is 6.01. The number of aromatic nitrogens is 2. The van der Waals surface area contributed by atoms with Crippen LogP contribution in [0.25, 0.3) is 0 Å². The van der Waals surface area contributed by atoms with Crippen LogP contribution in [0, 0.1) is 6.92 Å². The number of hydrogen-bond acceptors (Lipinski definition) is 5. The summed E-state index contributed by atoms with van der Waals surface area (Å²) >= 11 is 0. The first kappa shape index (κ1) is 13.9. The highest BCUT2D eigenvalue weighted by molar-refractivity contribution is 5.58. The summed E-state index contributed by atoms with van der Waals surface area (Å²) in [4.78, 5) is 11.5. The maximum Gasteiger partial charge on any atom is 0.138 e. The van der Waals surface area contributed by atoms with E-state index in [1.807, 2.05) is 19.1 Å². The lowest BCUT2D eigenvalue weighted by Crippen LogP contribution is -2.28. The fraction of sp³-hybridized carbons (Fsp3) is 0.500. The summed E-state index contributed by atoms with van der Waals surface area (Å²) in [6.07, 6.45) is 4.10. The van der Waals surface area contributed by atoms with Crippen LogP contribution in [0.1, 0.15) is 49.8 Å². The molecular formula is C16H22N4O. The van der Waals surface area contributed by atoms with Gasteiger partial charge in [-0.15, -0.1) is 0 Å². The lowest BCUT2D eigenvalue weighted by atomic mass is 10.2. The molecule has 1 fully saturated rings. The van der Waals surface area contributed by atoms with E-state index in [1.54, 1.807) is 6.26 Å². The molecule has 2 aromatic rings. The van der Waals surface area contributed by atoms with Gasteiger partial charge in [0.2, 0.25) is 0 Å². The molecule has 1 aliphatic carbocycles. The van der Waals surface area contributed by atoms with Gasteiger partial charge in [-0.05, 0) is 31.9 Å². The van der Waals surface area contributed by atoms with Crippen molar-refractivity contribution in [3.05, 3.63) is 35.5 Å². The summed E-state index contributed by atoms with van der Waals surface area (Å²) in [5.74, 6) is 3.54. The van der Waals surface area contributed by atoms with Gasteiger partial charge in [0, 0.05) is 17.5 Å². The quantitative estimate of drug-likeness (QED) is 0.913. The second-order valence-corrected chi connectivity index (χ2v) is 6.01. The summed E-state index contributed by atoms with van der Waals surface area (Å²) in [5, 5.41) is 0. The van der Waals surface area contributed by atoms with Gasteiger partial charge >= 0.3 is 0 Å². The van der Waals surface area contributed by atoms with Gasteiger partial charge in [-0.2, -0.15) is 0 Å². The van der Waals surface area contributed by atoms with Gasteiger partial charge in [0.25, 0.3) is 0 Å². The third kappa shape index (κ3) is 2.86. The summed E-state index contributed by atoms with van der Waals surface area (Å²) in [6, 6.07) is 4.45. The summed E-state index contributed by atoms with van der Waals surface area (Å²) in [6.45, 7) is 6.89. The molecule has 1 aliphatic rings. The molecule has 2 N–H and O–H groups in total. The zero-order valence-corrected chi connectivity index (χ0v) is 12.8. The maximum absolute atomic E-state index is 6.09. The lowest BCUT2D eigenvalue weighted by Gasteiger charge is -2.25. The molecule has 0 amide bonds. The highest BCUT2D eigenvalue weighted by Gasteiger charge is 2.32. The number of rotatable bonds is 5. The first-order valence-corrected chi connectivity index (χ1v) is 7.49. The molecule has 2 aromatic heterocycles. The van der Waals surface area contributed by atoms with Gasteiger partial charge in [0.15, 0.2) is 0 Å². The topological polar surface area (TPSA) is 68.2 Å². The molecule has 0 aliphatic heterocycles. The number of anilines is 2. The highest BCUT2D eigenvalue weighted by atomic mass is 16.3. The predicted octanol–water partition coefficient (Wildman–Crippen LogP) is 3.25. The standard InChI is InChI=1S/C16H22N4O/c1-10(2)15-18-14(17)11(3)16(19-15)20(12-6-7-12)9-13-5-4-8-21-13/h4-5,8,10,12H,6-7,9H2,1-3H3,(H2,17,18,19).